The number of para-hydroxylation sites is 1. The molecule has 8 nitrogen and oxygen atoms in total. The molecule has 0 radical (unpaired) electrons. The summed E-state index contributed by atoms with van der Waals surface area (Å²) in [6, 6.07) is 18.4. The molecule has 0 bridgehead atoms. The predicted octanol–water partition coefficient (Wildman–Crippen LogP) is 3.09. The van der Waals surface area contributed by atoms with E-state index in [-0.39, 0.29) is 22.6 Å². The standard InChI is InChI=1S/C25H17N5O3S2/c1-14-6-4-7-15(12-14)26-19(31)13-29-17-9-3-2-8-16(17)20(23(29)32)21-24(33)30-25(35-21)27-22(28-30)18-10-5-11-34-18/h2-12H,13H2,1H3,(H,26,31)/b21-20-. The molecular weight excluding hydrogens is 482 g/mol. The summed E-state index contributed by atoms with van der Waals surface area (Å²) in [5.41, 5.74) is 2.74. The van der Waals surface area contributed by atoms with Crippen molar-refractivity contribution in [3.05, 3.63) is 92.1 Å². The second-order valence-corrected chi connectivity index (χ2v) is 9.97. The van der Waals surface area contributed by atoms with E-state index in [1.165, 1.54) is 20.8 Å². The number of thiazole rings is 1. The van der Waals surface area contributed by atoms with Crippen LogP contribution in [0.5, 0.6) is 0 Å². The van der Waals surface area contributed by atoms with E-state index in [9.17, 15) is 14.4 Å². The third kappa shape index (κ3) is 3.63. The number of carbonyl (C=O) groups is 2. The number of carbonyl (C=O) groups excluding carboxylic acids is 2. The van der Waals surface area contributed by atoms with Crippen molar-refractivity contribution in [2.24, 2.45) is 0 Å². The first-order valence-electron chi connectivity index (χ1n) is 10.7. The molecule has 0 fully saturated rings. The summed E-state index contributed by atoms with van der Waals surface area (Å²) in [4.78, 5) is 46.8. The second-order valence-electron chi connectivity index (χ2n) is 8.04. The fourth-order valence-electron chi connectivity index (χ4n) is 4.12. The van der Waals surface area contributed by atoms with Gasteiger partial charge in [0.25, 0.3) is 11.5 Å². The molecule has 1 N–H and O–H groups in total. The molecule has 3 aromatic heterocycles. The molecular formula is C25H17N5O3S2. The quantitative estimate of drug-likeness (QED) is 0.410. The van der Waals surface area contributed by atoms with E-state index in [4.69, 9.17) is 0 Å². The highest BCUT2D eigenvalue weighted by Gasteiger charge is 2.35. The molecule has 2 amide bonds. The molecule has 6 rings (SSSR count). The van der Waals surface area contributed by atoms with Crippen molar-refractivity contribution in [1.82, 2.24) is 14.6 Å². The van der Waals surface area contributed by atoms with Crippen LogP contribution in [0.1, 0.15) is 11.1 Å². The monoisotopic (exact) mass is 499 g/mol. The summed E-state index contributed by atoms with van der Waals surface area (Å²) in [5.74, 6) is -0.247. The van der Waals surface area contributed by atoms with Gasteiger partial charge in [0.15, 0.2) is 5.82 Å². The Morgan fingerprint density at radius 3 is 2.69 bits per heavy atom. The Labute approximate surface area is 206 Å². The zero-order chi connectivity index (χ0) is 24.1. The lowest BCUT2D eigenvalue weighted by atomic mass is 10.1. The highest BCUT2D eigenvalue weighted by Crippen LogP contribution is 2.35. The van der Waals surface area contributed by atoms with Gasteiger partial charge in [0.1, 0.15) is 11.1 Å². The number of rotatable bonds is 4. The summed E-state index contributed by atoms with van der Waals surface area (Å²) in [6.45, 7) is 1.76. The van der Waals surface area contributed by atoms with Crippen LogP contribution in [-0.2, 0) is 9.59 Å². The van der Waals surface area contributed by atoms with Crippen molar-refractivity contribution >= 4 is 56.4 Å². The van der Waals surface area contributed by atoms with Crippen LogP contribution in [0.15, 0.2) is 70.8 Å². The third-order valence-electron chi connectivity index (χ3n) is 5.65. The number of hydrogen-bond donors (Lipinski definition) is 1. The number of hydrogen-bond acceptors (Lipinski definition) is 7. The number of aryl methyl sites for hydroxylation is 1. The normalized spacial score (nSPS) is 14.5. The van der Waals surface area contributed by atoms with Crippen LogP contribution in [0, 0.1) is 6.92 Å². The highest BCUT2D eigenvalue weighted by atomic mass is 32.1. The van der Waals surface area contributed by atoms with Gasteiger partial charge in [0.05, 0.1) is 16.1 Å². The van der Waals surface area contributed by atoms with Gasteiger partial charge in [-0.3, -0.25) is 19.3 Å². The largest absolute Gasteiger partial charge is 0.325 e. The van der Waals surface area contributed by atoms with Gasteiger partial charge >= 0.3 is 0 Å². The van der Waals surface area contributed by atoms with Crippen molar-refractivity contribution in [1.29, 1.82) is 0 Å². The Hall–Kier alpha value is -4.15. The summed E-state index contributed by atoms with van der Waals surface area (Å²) in [6.07, 6.45) is 0. The van der Waals surface area contributed by atoms with Crippen LogP contribution in [0.2, 0.25) is 0 Å². The van der Waals surface area contributed by atoms with Gasteiger partial charge < -0.3 is 5.32 Å². The number of fused-ring (bicyclic) bond motifs is 2. The maximum absolute atomic E-state index is 13.5. The maximum Gasteiger partial charge on any atom is 0.291 e. The average molecular weight is 500 g/mol. The Morgan fingerprint density at radius 2 is 1.91 bits per heavy atom. The van der Waals surface area contributed by atoms with E-state index in [1.54, 1.807) is 30.3 Å². The highest BCUT2D eigenvalue weighted by molar-refractivity contribution is 7.15. The van der Waals surface area contributed by atoms with Crippen molar-refractivity contribution < 1.29 is 9.59 Å². The van der Waals surface area contributed by atoms with E-state index in [0.717, 1.165) is 21.8 Å². The summed E-state index contributed by atoms with van der Waals surface area (Å²) < 4.78 is 1.50. The number of thiophene rings is 1. The van der Waals surface area contributed by atoms with Crippen LogP contribution < -0.4 is 20.3 Å². The third-order valence-corrected chi connectivity index (χ3v) is 7.55. The molecule has 0 atom stereocenters. The van der Waals surface area contributed by atoms with E-state index in [1.807, 2.05) is 42.6 Å². The Bertz CT molecular complexity index is 1740. The summed E-state index contributed by atoms with van der Waals surface area (Å²) in [7, 11) is 0. The fourth-order valence-corrected chi connectivity index (χ4v) is 5.77. The molecule has 0 unspecified atom stereocenters. The van der Waals surface area contributed by atoms with E-state index in [0.29, 0.717) is 27.7 Å². The zero-order valence-electron chi connectivity index (χ0n) is 18.4. The molecule has 0 saturated heterocycles. The molecule has 2 aromatic carbocycles. The zero-order valence-corrected chi connectivity index (χ0v) is 20.0. The minimum absolute atomic E-state index is 0.176. The smallest absolute Gasteiger partial charge is 0.291 e. The molecule has 0 aliphatic carbocycles. The van der Waals surface area contributed by atoms with Gasteiger partial charge in [0.2, 0.25) is 10.9 Å². The van der Waals surface area contributed by atoms with Gasteiger partial charge in [-0.05, 0) is 42.1 Å². The van der Waals surface area contributed by atoms with Gasteiger partial charge in [-0.2, -0.15) is 9.50 Å². The van der Waals surface area contributed by atoms with Crippen molar-refractivity contribution in [3.63, 3.8) is 0 Å². The Morgan fingerprint density at radius 1 is 1.06 bits per heavy atom. The Balaban J connectivity index is 1.40. The van der Waals surface area contributed by atoms with Crippen LogP contribution in [-0.4, -0.2) is 33.0 Å². The second kappa shape index (κ2) is 8.26. The van der Waals surface area contributed by atoms with Crippen LogP contribution in [0.25, 0.3) is 21.2 Å². The summed E-state index contributed by atoms with van der Waals surface area (Å²) in [5, 5.41) is 9.12. The number of benzene rings is 2. The average Bonchev–Trinajstić information content (AvgIpc) is 3.60. The summed E-state index contributed by atoms with van der Waals surface area (Å²) >= 11 is 2.62. The first-order chi connectivity index (χ1) is 17.0. The molecule has 35 heavy (non-hydrogen) atoms. The van der Waals surface area contributed by atoms with Gasteiger partial charge in [0, 0.05) is 11.3 Å². The van der Waals surface area contributed by atoms with E-state index in [2.05, 4.69) is 15.4 Å². The Kier molecular flexibility index (Phi) is 5.05. The fraction of sp³-hybridized carbons (Fsp3) is 0.0800. The lowest BCUT2D eigenvalue weighted by Gasteiger charge is -2.16. The number of anilines is 2. The first-order valence-corrected chi connectivity index (χ1v) is 12.4. The molecule has 10 heteroatoms. The molecule has 0 saturated carbocycles. The van der Waals surface area contributed by atoms with Gasteiger partial charge in [-0.15, -0.1) is 16.4 Å². The van der Waals surface area contributed by atoms with Gasteiger partial charge in [-0.25, -0.2) is 0 Å². The van der Waals surface area contributed by atoms with Crippen LogP contribution in [0.3, 0.4) is 0 Å². The lowest BCUT2D eigenvalue weighted by Crippen LogP contribution is -2.37. The van der Waals surface area contributed by atoms with Crippen LogP contribution in [0.4, 0.5) is 11.4 Å². The minimum Gasteiger partial charge on any atom is -0.325 e. The molecule has 1 aliphatic heterocycles. The SMILES string of the molecule is Cc1cccc(NC(=O)CN2C(=O)/C(=c3\sc4nc(-c5cccs5)nn4c3=O)c3ccccc32)c1. The molecule has 1 aliphatic rings. The molecule has 4 heterocycles. The molecule has 172 valence electrons. The van der Waals surface area contributed by atoms with Crippen molar-refractivity contribution in [2.45, 2.75) is 6.92 Å². The maximum atomic E-state index is 13.5. The topological polar surface area (TPSA) is 96.7 Å². The predicted molar refractivity (Wildman–Crippen MR) is 137 cm³/mol. The first kappa shape index (κ1) is 21.4. The number of nitrogens with zero attached hydrogens (tertiary/aromatic N) is 4. The van der Waals surface area contributed by atoms with Crippen LogP contribution >= 0.6 is 22.7 Å². The van der Waals surface area contributed by atoms with Crippen molar-refractivity contribution in [3.8, 4) is 10.7 Å². The lowest BCUT2D eigenvalue weighted by molar-refractivity contribution is -0.118. The molecule has 5 aromatic rings. The van der Waals surface area contributed by atoms with Gasteiger partial charge in [-0.1, -0.05) is 47.7 Å². The number of amides is 2. The van der Waals surface area contributed by atoms with E-state index < -0.39 is 11.5 Å². The van der Waals surface area contributed by atoms with E-state index >= 15 is 0 Å². The number of nitrogens with one attached hydrogen (secondary N) is 1. The molecule has 0 spiro atoms. The minimum atomic E-state index is -0.399. The van der Waals surface area contributed by atoms with Crippen molar-refractivity contribution in [2.75, 3.05) is 16.8 Å². The number of aromatic nitrogens is 3.